The highest BCUT2D eigenvalue weighted by Gasteiger charge is 2.04. The first-order valence-electron chi connectivity index (χ1n) is 8.15. The van der Waals surface area contributed by atoms with E-state index in [1.807, 2.05) is 67.6 Å². The Labute approximate surface area is 148 Å². The van der Waals surface area contributed by atoms with Gasteiger partial charge in [-0.1, -0.05) is 48.6 Å². The number of nitrogens with one attached hydrogen (secondary N) is 1. The zero-order valence-corrected chi connectivity index (χ0v) is 14.5. The Balaban J connectivity index is 1.78. The van der Waals surface area contributed by atoms with Crippen molar-refractivity contribution in [2.75, 3.05) is 20.3 Å². The fourth-order valence-electron chi connectivity index (χ4n) is 2.18. The average molecular weight is 341 g/mol. The van der Waals surface area contributed by atoms with Crippen LogP contribution in [0.4, 0.5) is 4.79 Å². The Morgan fingerprint density at radius 1 is 1.12 bits per heavy atom. The average Bonchev–Trinajstić information content (AvgIpc) is 2.65. The minimum absolute atomic E-state index is 0.257. The van der Waals surface area contributed by atoms with Crippen LogP contribution in [0.2, 0.25) is 0 Å². The fourth-order valence-corrected chi connectivity index (χ4v) is 2.18. The summed E-state index contributed by atoms with van der Waals surface area (Å²) in [4.78, 5) is 11.6. The maximum Gasteiger partial charge on any atom is 0.407 e. The van der Waals surface area contributed by atoms with E-state index in [0.717, 1.165) is 11.1 Å². The van der Waals surface area contributed by atoms with E-state index < -0.39 is 6.09 Å². The number of benzene rings is 2. The lowest BCUT2D eigenvalue weighted by Gasteiger charge is -2.09. The molecule has 0 heterocycles. The van der Waals surface area contributed by atoms with Gasteiger partial charge in [0.25, 0.3) is 0 Å². The first-order chi connectivity index (χ1) is 12.2. The largest absolute Gasteiger partial charge is 0.493 e. The molecule has 5 heteroatoms. The predicted octanol–water partition coefficient (Wildman–Crippen LogP) is 4.03. The monoisotopic (exact) mass is 341 g/mol. The number of rotatable bonds is 8. The molecule has 1 amide bonds. The first kappa shape index (κ1) is 18.4. The van der Waals surface area contributed by atoms with Crippen LogP contribution >= 0.6 is 0 Å². The highest BCUT2D eigenvalue weighted by atomic mass is 16.5. The molecule has 0 aromatic heterocycles. The molecule has 0 bridgehead atoms. The van der Waals surface area contributed by atoms with Gasteiger partial charge in [-0.15, -0.1) is 0 Å². The molecule has 0 unspecified atom stereocenters. The van der Waals surface area contributed by atoms with Crippen molar-refractivity contribution in [3.8, 4) is 11.5 Å². The molecule has 0 atom stereocenters. The third-order valence-electron chi connectivity index (χ3n) is 3.37. The summed E-state index contributed by atoms with van der Waals surface area (Å²) in [6, 6.07) is 15.2. The van der Waals surface area contributed by atoms with Gasteiger partial charge < -0.3 is 19.5 Å². The third kappa shape index (κ3) is 6.22. The van der Waals surface area contributed by atoms with Gasteiger partial charge in [-0.25, -0.2) is 4.79 Å². The lowest BCUT2D eigenvalue weighted by molar-refractivity contribution is 0.141. The maximum absolute atomic E-state index is 11.6. The zero-order valence-electron chi connectivity index (χ0n) is 14.5. The Hall–Kier alpha value is -2.95. The SMILES string of the molecule is CCOc1cc(C=CCNC(=O)OCc2ccccc2)ccc1OC. The Kier molecular flexibility index (Phi) is 7.38. The second-order valence-corrected chi connectivity index (χ2v) is 5.19. The van der Waals surface area contributed by atoms with Gasteiger partial charge in [-0.2, -0.15) is 0 Å². The van der Waals surface area contributed by atoms with Crippen molar-refractivity contribution in [3.63, 3.8) is 0 Å². The molecule has 0 saturated carbocycles. The van der Waals surface area contributed by atoms with Crippen molar-refractivity contribution in [3.05, 3.63) is 65.7 Å². The van der Waals surface area contributed by atoms with Gasteiger partial charge in [-0.3, -0.25) is 0 Å². The highest BCUT2D eigenvalue weighted by molar-refractivity contribution is 5.67. The standard InChI is InChI=1S/C20H23NO4/c1-3-24-19-14-16(11-12-18(19)23-2)10-7-13-21-20(22)25-15-17-8-5-4-6-9-17/h4-12,14H,3,13,15H2,1-2H3,(H,21,22). The van der Waals surface area contributed by atoms with Crippen molar-refractivity contribution >= 4 is 12.2 Å². The van der Waals surface area contributed by atoms with Crippen LogP contribution in [0.3, 0.4) is 0 Å². The number of ether oxygens (including phenoxy) is 3. The van der Waals surface area contributed by atoms with Gasteiger partial charge in [0.15, 0.2) is 11.5 Å². The highest BCUT2D eigenvalue weighted by Crippen LogP contribution is 2.28. The normalized spacial score (nSPS) is 10.5. The molecule has 2 aromatic rings. The van der Waals surface area contributed by atoms with Crippen molar-refractivity contribution in [2.24, 2.45) is 0 Å². The zero-order chi connectivity index (χ0) is 17.9. The summed E-state index contributed by atoms with van der Waals surface area (Å²) >= 11 is 0. The molecule has 0 aliphatic carbocycles. The van der Waals surface area contributed by atoms with E-state index in [-0.39, 0.29) is 6.61 Å². The fraction of sp³-hybridized carbons (Fsp3) is 0.250. The summed E-state index contributed by atoms with van der Waals surface area (Å²) in [5.74, 6) is 1.39. The maximum atomic E-state index is 11.6. The minimum atomic E-state index is -0.446. The van der Waals surface area contributed by atoms with Crippen molar-refractivity contribution in [1.29, 1.82) is 0 Å². The van der Waals surface area contributed by atoms with Crippen LogP contribution in [-0.4, -0.2) is 26.4 Å². The van der Waals surface area contributed by atoms with Gasteiger partial charge in [0.1, 0.15) is 6.61 Å². The molecule has 132 valence electrons. The molecular formula is C20H23NO4. The number of amides is 1. The molecule has 0 fully saturated rings. The second kappa shape index (κ2) is 10.0. The third-order valence-corrected chi connectivity index (χ3v) is 3.37. The Morgan fingerprint density at radius 3 is 2.64 bits per heavy atom. The summed E-state index contributed by atoms with van der Waals surface area (Å²) in [5.41, 5.74) is 1.92. The molecule has 0 spiro atoms. The van der Waals surface area contributed by atoms with E-state index in [1.54, 1.807) is 7.11 Å². The van der Waals surface area contributed by atoms with Crippen molar-refractivity contribution < 1.29 is 19.0 Å². The molecule has 0 aliphatic heterocycles. The minimum Gasteiger partial charge on any atom is -0.493 e. The van der Waals surface area contributed by atoms with Crippen LogP contribution in [-0.2, 0) is 11.3 Å². The van der Waals surface area contributed by atoms with Crippen LogP contribution < -0.4 is 14.8 Å². The van der Waals surface area contributed by atoms with E-state index in [0.29, 0.717) is 24.7 Å². The van der Waals surface area contributed by atoms with E-state index in [4.69, 9.17) is 14.2 Å². The number of hydrogen-bond acceptors (Lipinski definition) is 4. The molecule has 0 saturated heterocycles. The van der Waals surface area contributed by atoms with E-state index >= 15 is 0 Å². The number of hydrogen-bond donors (Lipinski definition) is 1. The van der Waals surface area contributed by atoms with Gasteiger partial charge in [0, 0.05) is 6.54 Å². The quantitative estimate of drug-likeness (QED) is 0.787. The van der Waals surface area contributed by atoms with Crippen molar-refractivity contribution in [1.82, 2.24) is 5.32 Å². The van der Waals surface area contributed by atoms with E-state index in [2.05, 4.69) is 5.32 Å². The van der Waals surface area contributed by atoms with Crippen LogP contribution in [0.15, 0.2) is 54.6 Å². The lowest BCUT2D eigenvalue weighted by atomic mass is 10.2. The Morgan fingerprint density at radius 2 is 1.92 bits per heavy atom. The Bertz CT molecular complexity index is 698. The van der Waals surface area contributed by atoms with Crippen LogP contribution in [0.5, 0.6) is 11.5 Å². The van der Waals surface area contributed by atoms with Crippen LogP contribution in [0.25, 0.3) is 6.08 Å². The summed E-state index contributed by atoms with van der Waals surface area (Å²) in [5, 5.41) is 2.68. The predicted molar refractivity (Wildman–Crippen MR) is 97.8 cm³/mol. The molecular weight excluding hydrogens is 318 g/mol. The van der Waals surface area contributed by atoms with Gasteiger partial charge in [0.2, 0.25) is 0 Å². The molecule has 2 rings (SSSR count). The molecule has 0 radical (unpaired) electrons. The lowest BCUT2D eigenvalue weighted by Crippen LogP contribution is -2.24. The summed E-state index contributed by atoms with van der Waals surface area (Å²) in [7, 11) is 1.61. The summed E-state index contributed by atoms with van der Waals surface area (Å²) < 4.78 is 15.9. The molecule has 0 aliphatic rings. The smallest absolute Gasteiger partial charge is 0.407 e. The number of methoxy groups -OCH3 is 1. The number of carbonyl (C=O) groups excluding carboxylic acids is 1. The van der Waals surface area contributed by atoms with Gasteiger partial charge >= 0.3 is 6.09 Å². The topological polar surface area (TPSA) is 56.8 Å². The second-order valence-electron chi connectivity index (χ2n) is 5.19. The van der Waals surface area contributed by atoms with E-state index in [9.17, 15) is 4.79 Å². The summed E-state index contributed by atoms with van der Waals surface area (Å²) in [6.45, 7) is 3.13. The van der Waals surface area contributed by atoms with Gasteiger partial charge in [-0.05, 0) is 30.2 Å². The molecule has 5 nitrogen and oxygen atoms in total. The molecule has 1 N–H and O–H groups in total. The molecule has 25 heavy (non-hydrogen) atoms. The summed E-state index contributed by atoms with van der Waals surface area (Å²) in [6.07, 6.45) is 3.30. The first-order valence-corrected chi connectivity index (χ1v) is 8.15. The number of carbonyl (C=O) groups is 1. The number of alkyl carbamates (subject to hydrolysis) is 1. The van der Waals surface area contributed by atoms with Crippen LogP contribution in [0, 0.1) is 0 Å². The van der Waals surface area contributed by atoms with Gasteiger partial charge in [0.05, 0.1) is 13.7 Å². The van der Waals surface area contributed by atoms with Crippen LogP contribution in [0.1, 0.15) is 18.1 Å². The van der Waals surface area contributed by atoms with E-state index in [1.165, 1.54) is 0 Å². The molecule has 2 aromatic carbocycles. The van der Waals surface area contributed by atoms with Crippen molar-refractivity contribution in [2.45, 2.75) is 13.5 Å².